The van der Waals surface area contributed by atoms with E-state index in [0.29, 0.717) is 61.5 Å². The van der Waals surface area contributed by atoms with Crippen LogP contribution >= 0.6 is 11.6 Å². The third kappa shape index (κ3) is 23.2. The van der Waals surface area contributed by atoms with Crippen LogP contribution in [0.1, 0.15) is 101 Å². The number of hydrogen-bond donors (Lipinski definition) is 2. The number of esters is 1. The van der Waals surface area contributed by atoms with Gasteiger partial charge >= 0.3 is 5.97 Å². The summed E-state index contributed by atoms with van der Waals surface area (Å²) in [7, 11) is 3.08. The van der Waals surface area contributed by atoms with Crippen molar-refractivity contribution in [2.24, 2.45) is 5.10 Å². The molecule has 0 fully saturated rings. The van der Waals surface area contributed by atoms with Crippen molar-refractivity contribution in [2.75, 3.05) is 20.8 Å². The maximum absolute atomic E-state index is 14.3. The number of Topliss-reactive ketones (excluding diaryl/α,β-unsaturated/α-hetero) is 2. The highest BCUT2D eigenvalue weighted by molar-refractivity contribution is 6.68. The molecule has 7 heterocycles. The van der Waals surface area contributed by atoms with Crippen LogP contribution < -0.4 is 11.0 Å². The van der Waals surface area contributed by atoms with Crippen LogP contribution in [0.3, 0.4) is 0 Å². The lowest BCUT2D eigenvalue weighted by Crippen LogP contribution is -2.32. The summed E-state index contributed by atoms with van der Waals surface area (Å²) >= 11 is 5.44. The summed E-state index contributed by atoms with van der Waals surface area (Å²) in [6.45, 7) is 3.59. The molecule has 6 aromatic heterocycles. The quantitative estimate of drug-likeness (QED) is 0.0300. The topological polar surface area (TPSA) is 259 Å². The number of ketones is 2. The Morgan fingerprint density at radius 2 is 0.893 bits per heavy atom. The van der Waals surface area contributed by atoms with E-state index in [4.69, 9.17) is 21.2 Å². The lowest BCUT2D eigenvalue weighted by atomic mass is 9.85. The normalized spacial score (nSPS) is 12.0. The van der Waals surface area contributed by atoms with Crippen molar-refractivity contribution in [3.05, 3.63) is 443 Å². The number of aromatic nitrogens is 7. The molecule has 1 aliphatic rings. The second-order valence-corrected chi connectivity index (χ2v) is 29.8. The van der Waals surface area contributed by atoms with E-state index in [1.807, 2.05) is 224 Å². The van der Waals surface area contributed by atoms with Crippen LogP contribution in [0.4, 0.5) is 22.0 Å². The Hall–Kier alpha value is -16.2. The fourth-order valence-corrected chi connectivity index (χ4v) is 15.0. The molecule has 18 aromatic rings. The van der Waals surface area contributed by atoms with E-state index in [-0.39, 0.29) is 66.2 Å². The Morgan fingerprint density at radius 3 is 1.41 bits per heavy atom. The highest BCUT2D eigenvalue weighted by Gasteiger charge is 2.32. The number of halogens is 6. The minimum absolute atomic E-state index is 0.0440. The first-order valence-corrected chi connectivity index (χ1v) is 41.6. The molecule has 2 unspecified atom stereocenters. The summed E-state index contributed by atoms with van der Waals surface area (Å²) in [6.07, 6.45) is 13.2. The van der Waals surface area contributed by atoms with Crippen molar-refractivity contribution in [1.29, 1.82) is 0 Å². The monoisotopic (exact) mass is 1770 g/mol. The Balaban J connectivity index is 0.000000133. The summed E-state index contributed by atoms with van der Waals surface area (Å²) in [5.74, 6) is -4.94. The van der Waals surface area contributed by atoms with E-state index in [1.165, 1.54) is 61.5 Å². The summed E-state index contributed by atoms with van der Waals surface area (Å²) in [4.78, 5) is 108. The molecule has 652 valence electrons. The first kappa shape index (κ1) is 92.5. The van der Waals surface area contributed by atoms with Gasteiger partial charge in [0, 0.05) is 118 Å². The number of hydrazone groups is 1. The average Bonchev–Trinajstić information content (AvgIpc) is 0.801. The molecule has 2 amide bonds. The van der Waals surface area contributed by atoms with Gasteiger partial charge in [0.1, 0.15) is 29.1 Å². The Morgan fingerprint density at radius 1 is 0.458 bits per heavy atom. The Labute approximate surface area is 754 Å². The van der Waals surface area contributed by atoms with Crippen LogP contribution in [0.25, 0.3) is 87.0 Å². The number of aromatic amines is 1. The fourth-order valence-electron chi connectivity index (χ4n) is 14.8. The second kappa shape index (κ2) is 44.8. The highest BCUT2D eigenvalue weighted by Crippen LogP contribution is 2.37. The summed E-state index contributed by atoms with van der Waals surface area (Å²) in [5, 5.41) is 23.4. The minimum Gasteiger partial charge on any atom is -0.466 e. The zero-order valence-corrected chi connectivity index (χ0v) is 71.7. The molecule has 12 aromatic carbocycles. The average molecular weight is 1770 g/mol. The zero-order chi connectivity index (χ0) is 92.3. The van der Waals surface area contributed by atoms with E-state index in [1.54, 1.807) is 81.7 Å². The number of aryl methyl sites for hydroxylation is 1. The van der Waals surface area contributed by atoms with Crippen molar-refractivity contribution < 1.29 is 60.3 Å². The van der Waals surface area contributed by atoms with E-state index in [0.717, 1.165) is 94.4 Å². The number of ether oxygens (including phenoxy) is 1. The van der Waals surface area contributed by atoms with Crippen molar-refractivity contribution in [2.45, 2.75) is 44.9 Å². The lowest BCUT2D eigenvalue weighted by molar-refractivity contribution is -0.143. The SMILES string of the molecule is CCOC(=O)CC(C(=O)c1cccc2ccccc12)c1ccncc1F.CON(C)C(=O)c1cccc2ccccc12.Cc1ccncc1F.O=C(Cc1ccncc1F)c1cccc2ccccc12.O=C(Cl)c1cccc2ccccc12.O=C1CC(c2ccncc2F)C(c2cccc3ccccc23)=NN1.O=c1cc(-c2ccncc2F)c(-c2cccc3ccccc23)n[nH]1. The number of nitrogens with zero attached hydrogens (tertiary/aromatic N) is 8. The molecule has 0 saturated carbocycles. The van der Waals surface area contributed by atoms with Gasteiger partial charge in [0.25, 0.3) is 16.7 Å². The van der Waals surface area contributed by atoms with Crippen LogP contribution in [0.15, 0.2) is 363 Å². The van der Waals surface area contributed by atoms with Crippen LogP contribution in [-0.4, -0.2) is 101 Å². The number of amides is 2. The molecule has 1 aliphatic heterocycles. The highest BCUT2D eigenvalue weighted by atomic mass is 35.5. The van der Waals surface area contributed by atoms with E-state index in [2.05, 4.69) is 45.6 Å². The summed E-state index contributed by atoms with van der Waals surface area (Å²) < 4.78 is 73.6. The minimum atomic E-state index is -0.970. The van der Waals surface area contributed by atoms with Crippen LogP contribution in [0.2, 0.25) is 0 Å². The van der Waals surface area contributed by atoms with Crippen molar-refractivity contribution in [3.8, 4) is 22.4 Å². The van der Waals surface area contributed by atoms with Gasteiger partial charge in [-0.25, -0.2) is 37.5 Å². The number of hydrogen-bond acceptors (Lipinski definition) is 16. The van der Waals surface area contributed by atoms with Gasteiger partial charge in [0.15, 0.2) is 11.6 Å². The van der Waals surface area contributed by atoms with Gasteiger partial charge in [0.2, 0.25) is 5.91 Å². The fraction of sp³-hybridized carbons (Fsp3) is 0.0943. The Kier molecular flexibility index (Phi) is 31.6. The Bertz CT molecular complexity index is 7260. The van der Waals surface area contributed by atoms with E-state index in [9.17, 15) is 55.5 Å². The second-order valence-electron chi connectivity index (χ2n) is 29.5. The van der Waals surface area contributed by atoms with Gasteiger partial charge in [-0.3, -0.25) is 63.3 Å². The van der Waals surface area contributed by atoms with Gasteiger partial charge < -0.3 is 4.74 Å². The molecular formula is C106H82ClF5N10O9. The van der Waals surface area contributed by atoms with Crippen LogP contribution in [-0.2, 0) is 25.6 Å². The van der Waals surface area contributed by atoms with Crippen LogP contribution in [0.5, 0.6) is 0 Å². The molecular weight excluding hydrogens is 1690 g/mol. The number of fused-ring (bicyclic) bond motifs is 6. The molecule has 131 heavy (non-hydrogen) atoms. The molecule has 0 aliphatic carbocycles. The van der Waals surface area contributed by atoms with E-state index >= 15 is 0 Å². The standard InChI is InChI=1S/C21H18FNO3.C19H14FN3O.C19H12FN3O.C17H12FNO.C13H13NO2.C11H7ClO.C6H6FN/c1-2-26-20(24)12-18(16-10-11-23-13-19(16)22)21(25)17-9-5-7-14-6-3-4-8-15(14)17;2*20-17-11-21-9-8-14(17)16-10-18(24)22-23-19(16)15-7-3-5-12-4-1-2-6-13(12)15;18-16-11-19-9-8-13(16)10-17(20)15-7-3-5-12-4-1-2-6-14(12)15;1-14(16-2)13(15)12-9-5-7-10-6-3-4-8-11(10)12;12-11(13)10-7-3-5-8-4-1-2-6-9(8)10;1-5-2-3-8-4-6(5)7/h3-11,13,18H,2,12H2,1H3;1-9,11,16H,10H2,(H,22,24);1-11H,(H,22,24);1-9,11H,10H2;3-9H,1-2H3;1-7H;2-4H,1H3. The zero-order valence-electron chi connectivity index (χ0n) is 71.0. The third-order valence-electron chi connectivity index (χ3n) is 21.3. The lowest BCUT2D eigenvalue weighted by Gasteiger charge is -2.24. The predicted octanol–water partition coefficient (Wildman–Crippen LogP) is 22.5. The van der Waals surface area contributed by atoms with Gasteiger partial charge in [-0.15, -0.1) is 0 Å². The molecule has 2 atom stereocenters. The molecule has 19 nitrogen and oxygen atoms in total. The third-order valence-corrected chi connectivity index (χ3v) is 21.5. The maximum atomic E-state index is 14.3. The number of rotatable bonds is 16. The van der Waals surface area contributed by atoms with Crippen LogP contribution in [0, 0.1) is 36.0 Å². The number of hydroxylamine groups is 2. The molecule has 0 radical (unpaired) electrons. The number of pyridine rings is 5. The number of nitrogens with one attached hydrogen (secondary N) is 2. The molecule has 0 saturated heterocycles. The molecule has 25 heteroatoms. The molecule has 0 bridgehead atoms. The maximum Gasteiger partial charge on any atom is 0.306 e. The largest absolute Gasteiger partial charge is 0.466 e. The number of carbonyl (C=O) groups is 6. The molecule has 19 rings (SSSR count). The first-order valence-electron chi connectivity index (χ1n) is 41.2. The molecule has 2 N–H and O–H groups in total. The number of benzene rings is 12. The van der Waals surface area contributed by atoms with Crippen molar-refractivity contribution in [3.63, 3.8) is 0 Å². The van der Waals surface area contributed by atoms with Gasteiger partial charge in [0.05, 0.1) is 68.4 Å². The van der Waals surface area contributed by atoms with Gasteiger partial charge in [-0.05, 0) is 144 Å². The smallest absolute Gasteiger partial charge is 0.306 e. The summed E-state index contributed by atoms with van der Waals surface area (Å²) in [5.41, 5.74) is 9.69. The molecule has 0 spiro atoms. The van der Waals surface area contributed by atoms with E-state index < -0.39 is 46.3 Å². The number of H-pyrrole nitrogens is 1. The number of carbonyl (C=O) groups excluding carboxylic acids is 6. The van der Waals surface area contributed by atoms with Crippen molar-refractivity contribution in [1.82, 2.24) is 45.6 Å². The van der Waals surface area contributed by atoms with Gasteiger partial charge in [-0.2, -0.15) is 10.2 Å². The van der Waals surface area contributed by atoms with Crippen molar-refractivity contribution >= 4 is 117 Å². The first-order chi connectivity index (χ1) is 63.7. The van der Waals surface area contributed by atoms with Gasteiger partial charge in [-0.1, -0.05) is 243 Å². The predicted molar refractivity (Wildman–Crippen MR) is 500 cm³/mol. The summed E-state index contributed by atoms with van der Waals surface area (Å²) in [6, 6.07) is 89.4.